The van der Waals surface area contributed by atoms with Gasteiger partial charge in [0.15, 0.2) is 0 Å². The monoisotopic (exact) mass is 389 g/mol. The number of allylic oxidation sites excluding steroid dienone is 1. The molecule has 3 nitrogen and oxygen atoms in total. The van der Waals surface area contributed by atoms with E-state index >= 15 is 0 Å². The molecule has 0 spiro atoms. The largest absolute Gasteiger partial charge is 0.465 e. The smallest absolute Gasteiger partial charge is 0.307 e. The van der Waals surface area contributed by atoms with Crippen molar-refractivity contribution < 1.29 is 9.53 Å². The third kappa shape index (κ3) is 4.24. The van der Waals surface area contributed by atoms with Crippen molar-refractivity contribution in [3.63, 3.8) is 0 Å². The molecule has 0 radical (unpaired) electrons. The molecule has 29 heavy (non-hydrogen) atoms. The maximum Gasteiger partial charge on any atom is 0.307 e. The van der Waals surface area contributed by atoms with E-state index < -0.39 is 0 Å². The summed E-state index contributed by atoms with van der Waals surface area (Å²) in [5.41, 5.74) is 7.83. The van der Waals surface area contributed by atoms with Crippen LogP contribution in [0.25, 0.3) is 5.57 Å². The van der Waals surface area contributed by atoms with E-state index in [0.29, 0.717) is 18.9 Å². The molecule has 4 rings (SSSR count). The van der Waals surface area contributed by atoms with Gasteiger partial charge in [0.05, 0.1) is 13.0 Å². The van der Waals surface area contributed by atoms with Crippen LogP contribution in [0.3, 0.4) is 0 Å². The van der Waals surface area contributed by atoms with Gasteiger partial charge in [-0.25, -0.2) is 0 Å². The number of anilines is 1. The van der Waals surface area contributed by atoms with Crippen molar-refractivity contribution in [2.24, 2.45) is 0 Å². The van der Waals surface area contributed by atoms with E-state index in [0.717, 1.165) is 18.5 Å². The Balaban J connectivity index is 1.84. The van der Waals surface area contributed by atoms with E-state index in [2.05, 4.69) is 74.6 Å². The molecule has 2 atom stereocenters. The third-order valence-electron chi connectivity index (χ3n) is 6.03. The first-order chi connectivity index (χ1) is 13.8. The second kappa shape index (κ2) is 7.70. The summed E-state index contributed by atoms with van der Waals surface area (Å²) in [4.78, 5) is 12.2. The minimum absolute atomic E-state index is 0.0282. The lowest BCUT2D eigenvalue weighted by molar-refractivity contribution is -0.143. The number of fused-ring (bicyclic) bond motifs is 5. The van der Waals surface area contributed by atoms with Gasteiger partial charge in [-0.05, 0) is 52.7 Å². The van der Waals surface area contributed by atoms with Gasteiger partial charge in [0.25, 0.3) is 0 Å². The molecule has 152 valence electrons. The number of ether oxygens (including phenoxy) is 1. The molecule has 2 aromatic rings. The molecule has 0 saturated carbocycles. The Labute approximate surface area is 174 Å². The second-order valence-corrected chi connectivity index (χ2v) is 9.43. The zero-order valence-corrected chi connectivity index (χ0v) is 17.9. The van der Waals surface area contributed by atoms with Crippen LogP contribution in [0.2, 0.25) is 0 Å². The lowest BCUT2D eigenvalue weighted by Crippen LogP contribution is -2.24. The van der Waals surface area contributed by atoms with Crippen molar-refractivity contribution in [1.29, 1.82) is 0 Å². The summed E-state index contributed by atoms with van der Waals surface area (Å²) in [6, 6.07) is 15.4. The van der Waals surface area contributed by atoms with E-state index in [1.165, 1.54) is 27.8 Å². The predicted molar refractivity (Wildman–Crippen MR) is 119 cm³/mol. The molecule has 0 fully saturated rings. The SMILES string of the molecule is CC1CC(=O)OCCC2=CC(Cc3ccccc32)c2cc(C(C)(C)C)ccc2N1. The van der Waals surface area contributed by atoms with Crippen LogP contribution in [0.4, 0.5) is 5.69 Å². The maximum atomic E-state index is 12.2. The van der Waals surface area contributed by atoms with Gasteiger partial charge in [0.2, 0.25) is 0 Å². The molecular formula is C26H31NO2. The van der Waals surface area contributed by atoms with Gasteiger partial charge in [-0.1, -0.05) is 63.2 Å². The highest BCUT2D eigenvalue weighted by Gasteiger charge is 2.26. The summed E-state index contributed by atoms with van der Waals surface area (Å²) in [5, 5.41) is 3.58. The van der Waals surface area contributed by atoms with Gasteiger partial charge in [0, 0.05) is 24.1 Å². The molecule has 2 bridgehead atoms. The van der Waals surface area contributed by atoms with Crippen LogP contribution >= 0.6 is 0 Å². The van der Waals surface area contributed by atoms with Crippen LogP contribution in [0.5, 0.6) is 0 Å². The van der Waals surface area contributed by atoms with Gasteiger partial charge in [-0.2, -0.15) is 0 Å². The Morgan fingerprint density at radius 2 is 1.86 bits per heavy atom. The summed E-state index contributed by atoms with van der Waals surface area (Å²) in [7, 11) is 0. The Morgan fingerprint density at radius 3 is 2.66 bits per heavy atom. The molecule has 0 amide bonds. The molecule has 3 heteroatoms. The van der Waals surface area contributed by atoms with Crippen LogP contribution in [-0.4, -0.2) is 18.6 Å². The first-order valence-electron chi connectivity index (χ1n) is 10.7. The Morgan fingerprint density at radius 1 is 1.07 bits per heavy atom. The number of benzene rings is 2. The third-order valence-corrected chi connectivity index (χ3v) is 6.03. The van der Waals surface area contributed by atoms with E-state index in [-0.39, 0.29) is 17.4 Å². The fourth-order valence-electron chi connectivity index (χ4n) is 4.43. The number of carbonyl (C=O) groups is 1. The van der Waals surface area contributed by atoms with Crippen LogP contribution in [0.1, 0.15) is 68.7 Å². The molecular weight excluding hydrogens is 358 g/mol. The summed E-state index contributed by atoms with van der Waals surface area (Å²) < 4.78 is 5.52. The number of esters is 1. The number of hydrogen-bond acceptors (Lipinski definition) is 3. The zero-order chi connectivity index (χ0) is 20.6. The number of carbonyl (C=O) groups excluding carboxylic acids is 1. The number of cyclic esters (lactones) is 1. The summed E-state index contributed by atoms with van der Waals surface area (Å²) in [6.45, 7) is 9.26. The molecule has 2 aromatic carbocycles. The molecule has 1 N–H and O–H groups in total. The lowest BCUT2D eigenvalue weighted by atomic mass is 9.78. The maximum absolute atomic E-state index is 12.2. The van der Waals surface area contributed by atoms with Crippen LogP contribution in [0.15, 0.2) is 48.5 Å². The lowest BCUT2D eigenvalue weighted by Gasteiger charge is -2.30. The van der Waals surface area contributed by atoms with Crippen LogP contribution in [-0.2, 0) is 21.4 Å². The molecule has 1 aliphatic heterocycles. The van der Waals surface area contributed by atoms with E-state index in [1.807, 2.05) is 6.92 Å². The van der Waals surface area contributed by atoms with Crippen molar-refractivity contribution in [2.45, 2.75) is 64.3 Å². The summed E-state index contributed by atoms with van der Waals surface area (Å²) in [5.74, 6) is 0.173. The topological polar surface area (TPSA) is 38.3 Å². The van der Waals surface area contributed by atoms with Gasteiger partial charge in [-0.3, -0.25) is 4.79 Å². The van der Waals surface area contributed by atoms with Crippen molar-refractivity contribution in [1.82, 2.24) is 0 Å². The summed E-state index contributed by atoms with van der Waals surface area (Å²) >= 11 is 0. The first kappa shape index (κ1) is 19.8. The number of hydrogen-bond donors (Lipinski definition) is 1. The Hall–Kier alpha value is -2.55. The van der Waals surface area contributed by atoms with Gasteiger partial charge in [0.1, 0.15) is 0 Å². The fraction of sp³-hybridized carbons (Fsp3) is 0.423. The van der Waals surface area contributed by atoms with Crippen LogP contribution in [0, 0.1) is 0 Å². The Bertz CT molecular complexity index is 951. The predicted octanol–water partition coefficient (Wildman–Crippen LogP) is 5.84. The fourth-order valence-corrected chi connectivity index (χ4v) is 4.43. The molecule has 0 aromatic heterocycles. The minimum Gasteiger partial charge on any atom is -0.465 e. The van der Waals surface area contributed by atoms with Gasteiger partial charge in [-0.15, -0.1) is 0 Å². The average Bonchev–Trinajstić information content (AvgIpc) is 2.66. The second-order valence-electron chi connectivity index (χ2n) is 9.43. The summed E-state index contributed by atoms with van der Waals surface area (Å²) in [6.07, 6.45) is 4.53. The highest BCUT2D eigenvalue weighted by atomic mass is 16.5. The number of rotatable bonds is 0. The van der Waals surface area contributed by atoms with Gasteiger partial charge >= 0.3 is 5.97 Å². The Kier molecular flexibility index (Phi) is 5.24. The minimum atomic E-state index is -0.139. The van der Waals surface area contributed by atoms with E-state index in [1.54, 1.807) is 0 Å². The quantitative estimate of drug-likeness (QED) is 0.575. The van der Waals surface area contributed by atoms with Gasteiger partial charge < -0.3 is 10.1 Å². The van der Waals surface area contributed by atoms with E-state index in [4.69, 9.17) is 4.74 Å². The molecule has 2 aliphatic rings. The van der Waals surface area contributed by atoms with Crippen molar-refractivity contribution in [3.8, 4) is 0 Å². The van der Waals surface area contributed by atoms with Crippen molar-refractivity contribution >= 4 is 17.2 Å². The number of nitrogens with one attached hydrogen (secondary N) is 1. The normalized spacial score (nSPS) is 22.1. The average molecular weight is 390 g/mol. The highest BCUT2D eigenvalue weighted by molar-refractivity contribution is 5.75. The molecule has 1 heterocycles. The zero-order valence-electron chi connectivity index (χ0n) is 17.9. The molecule has 0 saturated heterocycles. The van der Waals surface area contributed by atoms with E-state index in [9.17, 15) is 4.79 Å². The van der Waals surface area contributed by atoms with Crippen molar-refractivity contribution in [3.05, 3.63) is 70.8 Å². The molecule has 1 aliphatic carbocycles. The highest BCUT2D eigenvalue weighted by Crippen LogP contribution is 2.40. The standard InChI is InChI=1S/C26H31NO2/c1-17-13-25(28)29-12-11-19-15-20(14-18-7-5-6-8-22(18)19)23-16-21(26(2,3)4)9-10-24(23)27-17/h5-10,15-17,20,27H,11-14H2,1-4H3. The van der Waals surface area contributed by atoms with Crippen molar-refractivity contribution in [2.75, 3.05) is 11.9 Å². The molecule has 2 unspecified atom stereocenters. The first-order valence-corrected chi connectivity index (χ1v) is 10.7. The van der Waals surface area contributed by atoms with Crippen LogP contribution < -0.4 is 5.32 Å².